The molecule has 1 aromatic rings. The average molecular weight is 289 g/mol. The summed E-state index contributed by atoms with van der Waals surface area (Å²) in [6.45, 7) is 5.96. The van der Waals surface area contributed by atoms with Crippen LogP contribution >= 0.6 is 0 Å². The summed E-state index contributed by atoms with van der Waals surface area (Å²) in [5, 5.41) is 3.74. The number of ether oxygens (including phenoxy) is 2. The maximum Gasteiger partial charge on any atom is 0.122 e. The molecule has 0 spiro atoms. The lowest BCUT2D eigenvalue weighted by Gasteiger charge is -2.32. The Morgan fingerprint density at radius 3 is 3.05 bits per heavy atom. The standard InChI is InChI=1S/C18H27NO2/c1-2-9-19-18(16-6-3-10-20-13-16)15-7-8-17-14(12-15)5-4-11-21-17/h7-8,12,16,18-19H,2-6,9-11,13H2,1H3. The Balaban J connectivity index is 1.80. The number of benzene rings is 1. The molecule has 0 aliphatic carbocycles. The number of hydrogen-bond acceptors (Lipinski definition) is 3. The predicted molar refractivity (Wildman–Crippen MR) is 84.8 cm³/mol. The fraction of sp³-hybridized carbons (Fsp3) is 0.667. The van der Waals surface area contributed by atoms with Crippen LogP contribution in [0.15, 0.2) is 18.2 Å². The maximum atomic E-state index is 5.74. The van der Waals surface area contributed by atoms with Crippen molar-refractivity contribution in [1.82, 2.24) is 5.32 Å². The van der Waals surface area contributed by atoms with Gasteiger partial charge in [-0.2, -0.15) is 0 Å². The molecular weight excluding hydrogens is 262 g/mol. The van der Waals surface area contributed by atoms with Crippen molar-refractivity contribution in [2.75, 3.05) is 26.4 Å². The highest BCUT2D eigenvalue weighted by atomic mass is 16.5. The molecule has 1 aromatic carbocycles. The SMILES string of the molecule is CCCNC(c1ccc2c(c1)CCCO2)C1CCCOC1. The van der Waals surface area contributed by atoms with Gasteiger partial charge in [-0.25, -0.2) is 0 Å². The molecule has 0 amide bonds. The molecule has 3 rings (SSSR count). The van der Waals surface area contributed by atoms with Gasteiger partial charge >= 0.3 is 0 Å². The normalized spacial score (nSPS) is 23.2. The van der Waals surface area contributed by atoms with Crippen LogP contribution in [-0.2, 0) is 11.2 Å². The van der Waals surface area contributed by atoms with Gasteiger partial charge in [0.05, 0.1) is 13.2 Å². The van der Waals surface area contributed by atoms with Gasteiger partial charge in [-0.3, -0.25) is 0 Å². The summed E-state index contributed by atoms with van der Waals surface area (Å²) < 4.78 is 11.5. The average Bonchev–Trinajstić information content (AvgIpc) is 2.56. The van der Waals surface area contributed by atoms with Crippen LogP contribution in [0, 0.1) is 5.92 Å². The van der Waals surface area contributed by atoms with Crippen LogP contribution in [0.4, 0.5) is 0 Å². The van der Waals surface area contributed by atoms with Gasteiger partial charge in [0, 0.05) is 18.6 Å². The first-order chi connectivity index (χ1) is 10.4. The zero-order valence-electron chi connectivity index (χ0n) is 13.1. The van der Waals surface area contributed by atoms with Crippen LogP contribution in [0.1, 0.15) is 49.8 Å². The largest absolute Gasteiger partial charge is 0.493 e. The van der Waals surface area contributed by atoms with Crippen molar-refractivity contribution in [3.05, 3.63) is 29.3 Å². The van der Waals surface area contributed by atoms with Crippen LogP contribution in [0.2, 0.25) is 0 Å². The second-order valence-corrected chi connectivity index (χ2v) is 6.23. The van der Waals surface area contributed by atoms with Gasteiger partial charge < -0.3 is 14.8 Å². The molecule has 2 aliphatic rings. The Morgan fingerprint density at radius 2 is 2.24 bits per heavy atom. The molecule has 2 unspecified atom stereocenters. The number of aryl methyl sites for hydroxylation is 1. The summed E-state index contributed by atoms with van der Waals surface area (Å²) in [4.78, 5) is 0. The van der Waals surface area contributed by atoms with Crippen molar-refractivity contribution in [2.45, 2.75) is 45.1 Å². The third-order valence-corrected chi connectivity index (χ3v) is 4.57. The quantitative estimate of drug-likeness (QED) is 0.900. The van der Waals surface area contributed by atoms with Crippen molar-refractivity contribution in [3.8, 4) is 5.75 Å². The van der Waals surface area contributed by atoms with E-state index in [1.165, 1.54) is 24.0 Å². The molecule has 0 aromatic heterocycles. The molecule has 2 heterocycles. The maximum absolute atomic E-state index is 5.74. The lowest BCUT2D eigenvalue weighted by molar-refractivity contribution is 0.0390. The third kappa shape index (κ3) is 3.58. The first kappa shape index (κ1) is 14.9. The second kappa shape index (κ2) is 7.28. The molecule has 116 valence electrons. The molecular formula is C18H27NO2. The number of hydrogen-bond donors (Lipinski definition) is 1. The van der Waals surface area contributed by atoms with E-state index < -0.39 is 0 Å². The molecule has 0 saturated carbocycles. The highest BCUT2D eigenvalue weighted by Gasteiger charge is 2.26. The molecule has 1 saturated heterocycles. The summed E-state index contributed by atoms with van der Waals surface area (Å²) in [5.74, 6) is 1.67. The van der Waals surface area contributed by atoms with Crippen LogP contribution in [0.5, 0.6) is 5.75 Å². The van der Waals surface area contributed by atoms with Gasteiger partial charge in [0.2, 0.25) is 0 Å². The van der Waals surface area contributed by atoms with E-state index in [2.05, 4.69) is 30.4 Å². The minimum Gasteiger partial charge on any atom is -0.493 e. The van der Waals surface area contributed by atoms with Crippen molar-refractivity contribution >= 4 is 0 Å². The van der Waals surface area contributed by atoms with Crippen LogP contribution in [-0.4, -0.2) is 26.4 Å². The van der Waals surface area contributed by atoms with E-state index in [0.717, 1.165) is 51.4 Å². The molecule has 1 fully saturated rings. The van der Waals surface area contributed by atoms with E-state index in [-0.39, 0.29) is 0 Å². The minimum absolute atomic E-state index is 0.414. The Bertz CT molecular complexity index is 455. The Morgan fingerprint density at radius 1 is 1.29 bits per heavy atom. The minimum atomic E-state index is 0.414. The molecule has 0 bridgehead atoms. The monoisotopic (exact) mass is 289 g/mol. The molecule has 21 heavy (non-hydrogen) atoms. The molecule has 2 atom stereocenters. The van der Waals surface area contributed by atoms with Gasteiger partial charge in [0.1, 0.15) is 5.75 Å². The Kier molecular flexibility index (Phi) is 5.15. The first-order valence-electron chi connectivity index (χ1n) is 8.45. The fourth-order valence-corrected chi connectivity index (χ4v) is 3.46. The van der Waals surface area contributed by atoms with E-state index in [4.69, 9.17) is 9.47 Å². The van der Waals surface area contributed by atoms with E-state index in [9.17, 15) is 0 Å². The predicted octanol–water partition coefficient (Wildman–Crippen LogP) is 3.48. The summed E-state index contributed by atoms with van der Waals surface area (Å²) >= 11 is 0. The van der Waals surface area contributed by atoms with Crippen molar-refractivity contribution in [1.29, 1.82) is 0 Å². The fourth-order valence-electron chi connectivity index (χ4n) is 3.46. The highest BCUT2D eigenvalue weighted by Crippen LogP contribution is 2.33. The van der Waals surface area contributed by atoms with Crippen LogP contribution in [0.3, 0.4) is 0 Å². The van der Waals surface area contributed by atoms with Crippen LogP contribution < -0.4 is 10.1 Å². The van der Waals surface area contributed by atoms with Gasteiger partial charge in [0.25, 0.3) is 0 Å². The summed E-state index contributed by atoms with van der Waals surface area (Å²) in [6.07, 6.45) is 5.89. The zero-order valence-corrected chi connectivity index (χ0v) is 13.1. The molecule has 1 N–H and O–H groups in total. The zero-order chi connectivity index (χ0) is 14.5. The highest BCUT2D eigenvalue weighted by molar-refractivity contribution is 5.39. The summed E-state index contributed by atoms with van der Waals surface area (Å²) in [7, 11) is 0. The molecule has 3 heteroatoms. The smallest absolute Gasteiger partial charge is 0.122 e. The van der Waals surface area contributed by atoms with E-state index in [1.54, 1.807) is 0 Å². The van der Waals surface area contributed by atoms with E-state index in [1.807, 2.05) is 0 Å². The van der Waals surface area contributed by atoms with Crippen molar-refractivity contribution < 1.29 is 9.47 Å². The molecule has 0 radical (unpaired) electrons. The lowest BCUT2D eigenvalue weighted by Crippen LogP contribution is -2.34. The van der Waals surface area contributed by atoms with Gasteiger partial charge in [-0.15, -0.1) is 0 Å². The topological polar surface area (TPSA) is 30.5 Å². The van der Waals surface area contributed by atoms with Gasteiger partial charge in [0.15, 0.2) is 0 Å². The Labute approximate surface area is 128 Å². The third-order valence-electron chi connectivity index (χ3n) is 4.57. The van der Waals surface area contributed by atoms with Gasteiger partial charge in [-0.1, -0.05) is 19.1 Å². The summed E-state index contributed by atoms with van der Waals surface area (Å²) in [5.41, 5.74) is 2.78. The van der Waals surface area contributed by atoms with Crippen LogP contribution in [0.25, 0.3) is 0 Å². The van der Waals surface area contributed by atoms with E-state index in [0.29, 0.717) is 12.0 Å². The van der Waals surface area contributed by atoms with Gasteiger partial charge in [-0.05, 0) is 55.8 Å². The molecule has 3 nitrogen and oxygen atoms in total. The van der Waals surface area contributed by atoms with E-state index >= 15 is 0 Å². The number of nitrogens with one attached hydrogen (secondary N) is 1. The second-order valence-electron chi connectivity index (χ2n) is 6.23. The number of rotatable bonds is 5. The van der Waals surface area contributed by atoms with Crippen molar-refractivity contribution in [3.63, 3.8) is 0 Å². The lowest BCUT2D eigenvalue weighted by atomic mass is 9.87. The Hall–Kier alpha value is -1.06. The summed E-state index contributed by atoms with van der Waals surface area (Å²) in [6, 6.07) is 7.17. The number of fused-ring (bicyclic) bond motifs is 1. The first-order valence-corrected chi connectivity index (χ1v) is 8.45. The molecule has 2 aliphatic heterocycles. The van der Waals surface area contributed by atoms with Crippen molar-refractivity contribution in [2.24, 2.45) is 5.92 Å².